The smallest absolute Gasteiger partial charge is 0.261 e. The third kappa shape index (κ3) is 7.57. The lowest BCUT2D eigenvalue weighted by Gasteiger charge is -2.45. The van der Waals surface area contributed by atoms with Crippen LogP contribution in [0, 0.1) is 17.7 Å². The zero-order chi connectivity index (χ0) is 37.5. The maximum absolute atomic E-state index is 15.0. The van der Waals surface area contributed by atoms with Crippen LogP contribution in [0.25, 0.3) is 10.9 Å². The largest absolute Gasteiger partial charge is 0.493 e. The lowest BCUT2D eigenvalue weighted by molar-refractivity contribution is -0.137. The van der Waals surface area contributed by atoms with Gasteiger partial charge in [0, 0.05) is 92.7 Å². The molecular formula is C39H46FN7O6S. The molecule has 8 rings (SSSR count). The van der Waals surface area contributed by atoms with Crippen LogP contribution >= 0.6 is 11.8 Å². The average molecular weight is 760 g/mol. The Balaban J connectivity index is 0.795. The summed E-state index contributed by atoms with van der Waals surface area (Å²) in [7, 11) is 0. The van der Waals surface area contributed by atoms with Gasteiger partial charge >= 0.3 is 0 Å². The lowest BCUT2D eigenvalue weighted by Crippen LogP contribution is -2.53. The summed E-state index contributed by atoms with van der Waals surface area (Å²) in [6.45, 7) is 8.59. The van der Waals surface area contributed by atoms with Crippen molar-refractivity contribution in [3.05, 3.63) is 63.5 Å². The number of anilines is 1. The van der Waals surface area contributed by atoms with E-state index in [9.17, 15) is 24.0 Å². The van der Waals surface area contributed by atoms with Crippen LogP contribution in [0.1, 0.15) is 67.2 Å². The molecule has 6 heterocycles. The fraction of sp³-hybridized carbons (Fsp3) is 0.538. The first-order valence-corrected chi connectivity index (χ1v) is 20.1. The third-order valence-corrected chi connectivity index (χ3v) is 13.1. The van der Waals surface area contributed by atoms with E-state index in [0.29, 0.717) is 72.2 Å². The number of nitrogens with zero attached hydrogens (tertiary/aromatic N) is 5. The van der Waals surface area contributed by atoms with E-state index in [0.717, 1.165) is 69.7 Å². The van der Waals surface area contributed by atoms with Crippen molar-refractivity contribution in [3.8, 4) is 5.75 Å². The number of fused-ring (bicyclic) bond motifs is 2. The van der Waals surface area contributed by atoms with E-state index in [-0.39, 0.29) is 35.4 Å². The number of H-pyrrole nitrogens is 1. The molecule has 1 aromatic heterocycles. The van der Waals surface area contributed by atoms with Gasteiger partial charge in [0.05, 0.1) is 17.9 Å². The number of aromatic nitrogens is 2. The summed E-state index contributed by atoms with van der Waals surface area (Å²) < 4.78 is 21.0. The number of hydrogen-bond acceptors (Lipinski definition) is 10. The highest BCUT2D eigenvalue weighted by atomic mass is 32.2. The Labute approximate surface area is 317 Å². The van der Waals surface area contributed by atoms with Crippen molar-refractivity contribution >= 4 is 52.0 Å². The normalized spacial score (nSPS) is 21.8. The molecule has 2 N–H and O–H groups in total. The number of carbonyl (C=O) groups is 4. The van der Waals surface area contributed by atoms with Crippen molar-refractivity contribution < 1.29 is 28.3 Å². The predicted molar refractivity (Wildman–Crippen MR) is 202 cm³/mol. The fourth-order valence-electron chi connectivity index (χ4n) is 8.60. The zero-order valence-electron chi connectivity index (χ0n) is 30.5. The number of thioether (sulfide) groups is 1. The number of likely N-dealkylation sites (tertiary alicyclic amines) is 2. The van der Waals surface area contributed by atoms with Crippen LogP contribution in [0.15, 0.2) is 35.1 Å². The maximum atomic E-state index is 15.0. The molecule has 4 fully saturated rings. The van der Waals surface area contributed by atoms with Gasteiger partial charge in [-0.25, -0.2) is 9.37 Å². The van der Waals surface area contributed by atoms with Gasteiger partial charge in [-0.05, 0) is 63.2 Å². The highest BCUT2D eigenvalue weighted by Crippen LogP contribution is 2.37. The quantitative estimate of drug-likeness (QED) is 0.295. The lowest BCUT2D eigenvalue weighted by atomic mass is 9.95. The first kappa shape index (κ1) is 36.5. The van der Waals surface area contributed by atoms with Crippen molar-refractivity contribution in [3.63, 3.8) is 0 Å². The number of imide groups is 1. The van der Waals surface area contributed by atoms with Crippen LogP contribution in [0.4, 0.5) is 10.1 Å². The Morgan fingerprint density at radius 2 is 1.78 bits per heavy atom. The summed E-state index contributed by atoms with van der Waals surface area (Å²) in [4.78, 5) is 77.6. The van der Waals surface area contributed by atoms with Gasteiger partial charge < -0.3 is 29.3 Å². The number of aromatic amines is 1. The van der Waals surface area contributed by atoms with E-state index < -0.39 is 23.3 Å². The topological polar surface area (TPSA) is 148 Å². The van der Waals surface area contributed by atoms with Crippen LogP contribution < -0.4 is 20.5 Å². The summed E-state index contributed by atoms with van der Waals surface area (Å²) in [5.74, 6) is 0.803. The molecule has 5 aliphatic heterocycles. The van der Waals surface area contributed by atoms with Gasteiger partial charge in [0.15, 0.2) is 0 Å². The van der Waals surface area contributed by atoms with Gasteiger partial charge in [0.2, 0.25) is 17.7 Å². The van der Waals surface area contributed by atoms with Crippen molar-refractivity contribution in [2.24, 2.45) is 11.8 Å². The summed E-state index contributed by atoms with van der Waals surface area (Å²) in [5, 5.41) is 2.74. The summed E-state index contributed by atoms with van der Waals surface area (Å²) in [6.07, 6.45) is 4.32. The molecule has 286 valence electrons. The first-order chi connectivity index (χ1) is 26.1. The second-order valence-corrected chi connectivity index (χ2v) is 16.6. The van der Waals surface area contributed by atoms with Crippen LogP contribution in [-0.4, -0.2) is 112 Å². The van der Waals surface area contributed by atoms with Crippen LogP contribution in [-0.2, 0) is 26.7 Å². The Morgan fingerprint density at radius 1 is 1.00 bits per heavy atom. The SMILES string of the molecule is CC(=O)N1CCC(COc2cc(F)c3c(=O)[nH]c(CSC4CCN(CC5CN(c6cccc7c6CN(C6CCC(=O)NC6=O)C7=O)C5)CC4)nc3c2)CC1. The van der Waals surface area contributed by atoms with Crippen LogP contribution in [0.5, 0.6) is 5.75 Å². The van der Waals surface area contributed by atoms with E-state index >= 15 is 4.39 Å². The van der Waals surface area contributed by atoms with Crippen LogP contribution in [0.2, 0.25) is 0 Å². The van der Waals surface area contributed by atoms with Gasteiger partial charge in [0.1, 0.15) is 28.8 Å². The number of benzene rings is 2. The Hall–Kier alpha value is -4.50. The highest BCUT2D eigenvalue weighted by Gasteiger charge is 2.41. The van der Waals surface area contributed by atoms with E-state index in [4.69, 9.17) is 4.74 Å². The Morgan fingerprint density at radius 3 is 2.52 bits per heavy atom. The molecule has 5 aliphatic rings. The molecule has 4 saturated heterocycles. The standard InChI is InChI=1S/C39H46FN7O6S/c1-23(48)45-13-7-24(8-14-45)21-53-26-15-30(40)36-31(16-26)41-34(42-38(36)51)22-54-27-9-11-44(12-10-27)17-25-18-46(19-25)32-4-2-3-28-29(32)20-47(39(28)52)33-5-6-35(49)43-37(33)50/h2-4,15-16,24-25,27,33H,5-14,17-22H2,1H3,(H,41,42,51)(H,43,49,50). The number of amides is 4. The molecule has 15 heteroatoms. The highest BCUT2D eigenvalue weighted by molar-refractivity contribution is 7.99. The van der Waals surface area contributed by atoms with Gasteiger partial charge in [-0.2, -0.15) is 11.8 Å². The zero-order valence-corrected chi connectivity index (χ0v) is 31.3. The van der Waals surface area contributed by atoms with E-state index in [1.54, 1.807) is 29.7 Å². The van der Waals surface area contributed by atoms with Crippen LogP contribution in [0.3, 0.4) is 0 Å². The minimum Gasteiger partial charge on any atom is -0.493 e. The average Bonchev–Trinajstić information content (AvgIpc) is 3.47. The van der Waals surface area contributed by atoms with Crippen molar-refractivity contribution in [2.75, 3.05) is 57.3 Å². The third-order valence-electron chi connectivity index (χ3n) is 11.7. The number of nitrogens with one attached hydrogen (secondary N) is 2. The molecule has 1 unspecified atom stereocenters. The molecule has 2 aromatic carbocycles. The molecule has 0 aliphatic carbocycles. The van der Waals surface area contributed by atoms with Gasteiger partial charge in [0.25, 0.3) is 11.5 Å². The molecular weight excluding hydrogens is 714 g/mol. The minimum atomic E-state index is -0.650. The molecule has 4 amide bonds. The first-order valence-electron chi connectivity index (χ1n) is 19.1. The molecule has 3 aromatic rings. The molecule has 0 radical (unpaired) electrons. The molecule has 1 atom stereocenters. The van der Waals surface area contributed by atoms with Crippen molar-refractivity contribution in [1.29, 1.82) is 0 Å². The fourth-order valence-corrected chi connectivity index (χ4v) is 9.67. The number of halogens is 1. The Kier molecular flexibility index (Phi) is 10.4. The maximum Gasteiger partial charge on any atom is 0.261 e. The monoisotopic (exact) mass is 759 g/mol. The molecule has 0 spiro atoms. The van der Waals surface area contributed by atoms with Gasteiger partial charge in [-0.15, -0.1) is 0 Å². The molecule has 0 saturated carbocycles. The second-order valence-electron chi connectivity index (χ2n) is 15.4. The molecule has 54 heavy (non-hydrogen) atoms. The van der Waals surface area contributed by atoms with E-state index in [2.05, 4.69) is 31.2 Å². The number of rotatable bonds is 10. The summed E-state index contributed by atoms with van der Waals surface area (Å²) in [6, 6.07) is 8.08. The second kappa shape index (κ2) is 15.3. The summed E-state index contributed by atoms with van der Waals surface area (Å²) in [5.41, 5.74) is 2.46. The van der Waals surface area contributed by atoms with Gasteiger partial charge in [-0.3, -0.25) is 29.3 Å². The van der Waals surface area contributed by atoms with E-state index in [1.165, 1.54) is 6.07 Å². The number of carbonyl (C=O) groups excluding carboxylic acids is 4. The number of ether oxygens (including phenoxy) is 1. The van der Waals surface area contributed by atoms with Crippen molar-refractivity contribution in [2.45, 2.75) is 69.0 Å². The van der Waals surface area contributed by atoms with Crippen molar-refractivity contribution in [1.82, 2.24) is 30.0 Å². The summed E-state index contributed by atoms with van der Waals surface area (Å²) >= 11 is 1.77. The van der Waals surface area contributed by atoms with E-state index in [1.807, 2.05) is 17.0 Å². The van der Waals surface area contributed by atoms with Gasteiger partial charge in [-0.1, -0.05) is 6.07 Å². The number of piperidine rings is 3. The Bertz CT molecular complexity index is 2020. The molecule has 13 nitrogen and oxygen atoms in total. The number of hydrogen-bond donors (Lipinski definition) is 2. The predicted octanol–water partition coefficient (Wildman–Crippen LogP) is 3.29. The minimum absolute atomic E-state index is 0.0620. The molecule has 0 bridgehead atoms.